The summed E-state index contributed by atoms with van der Waals surface area (Å²) in [5.74, 6) is 0.108. The number of rotatable bonds is 4. The molecule has 156 valence electrons. The van der Waals surface area contributed by atoms with Crippen LogP contribution in [0.1, 0.15) is 5.56 Å². The van der Waals surface area contributed by atoms with Gasteiger partial charge in [-0.1, -0.05) is 35.9 Å². The van der Waals surface area contributed by atoms with Crippen LogP contribution < -0.4 is 16.6 Å². The summed E-state index contributed by atoms with van der Waals surface area (Å²) in [4.78, 5) is 44.2. The fourth-order valence-electron chi connectivity index (χ4n) is 3.17. The number of hydrogen-bond donors (Lipinski definition) is 2. The summed E-state index contributed by atoms with van der Waals surface area (Å²) in [5, 5.41) is 3.38. The third kappa shape index (κ3) is 4.06. The van der Waals surface area contributed by atoms with Gasteiger partial charge in [-0.15, -0.1) is 0 Å². The highest BCUT2D eigenvalue weighted by atomic mass is 35.5. The number of aromatic nitrogens is 4. The van der Waals surface area contributed by atoms with E-state index in [1.165, 1.54) is 17.7 Å². The second-order valence-corrected chi connectivity index (χ2v) is 7.38. The lowest BCUT2D eigenvalue weighted by Gasteiger charge is -2.04. The highest BCUT2D eigenvalue weighted by Crippen LogP contribution is 2.22. The molecule has 2 N–H and O–H groups in total. The van der Waals surface area contributed by atoms with Gasteiger partial charge in [0.1, 0.15) is 11.3 Å². The lowest BCUT2D eigenvalue weighted by Crippen LogP contribution is -2.36. The molecule has 0 radical (unpaired) electrons. The van der Waals surface area contributed by atoms with Crippen LogP contribution in [0.3, 0.4) is 0 Å². The predicted molar refractivity (Wildman–Crippen MR) is 121 cm³/mol. The third-order valence-corrected chi connectivity index (χ3v) is 5.01. The van der Waals surface area contributed by atoms with Crippen molar-refractivity contribution in [2.45, 2.75) is 0 Å². The number of H-pyrrole nitrogens is 1. The van der Waals surface area contributed by atoms with Crippen LogP contribution in [0.15, 0.2) is 64.2 Å². The summed E-state index contributed by atoms with van der Waals surface area (Å²) in [5.41, 5.74) is 1.62. The number of hydrogen-bond acceptors (Lipinski definition) is 4. The van der Waals surface area contributed by atoms with Crippen molar-refractivity contribution < 1.29 is 4.79 Å². The molecule has 0 bridgehead atoms. The Morgan fingerprint density at radius 3 is 2.65 bits per heavy atom. The van der Waals surface area contributed by atoms with Crippen LogP contribution in [0.2, 0.25) is 5.02 Å². The molecule has 2 aromatic carbocycles. The molecule has 0 spiro atoms. The monoisotopic (exact) mass is 435 g/mol. The van der Waals surface area contributed by atoms with Crippen molar-refractivity contribution >= 4 is 40.4 Å². The number of aryl methyl sites for hydroxylation is 1. The van der Waals surface area contributed by atoms with Crippen molar-refractivity contribution in [2.24, 2.45) is 14.1 Å². The first-order valence-corrected chi connectivity index (χ1v) is 9.72. The Kier molecular flexibility index (Phi) is 5.31. The second kappa shape index (κ2) is 8.08. The molecule has 8 nitrogen and oxygen atoms in total. The first-order valence-electron chi connectivity index (χ1n) is 9.34. The second-order valence-electron chi connectivity index (χ2n) is 6.95. The number of aromatic amines is 1. The maximum atomic E-state index is 12.4. The van der Waals surface area contributed by atoms with E-state index in [0.717, 1.165) is 10.1 Å². The number of carbonyl (C=O) groups excluding carboxylic acids is 1. The van der Waals surface area contributed by atoms with Crippen LogP contribution in [0.25, 0.3) is 28.6 Å². The summed E-state index contributed by atoms with van der Waals surface area (Å²) in [6, 6.07) is 14.2. The molecule has 2 heterocycles. The van der Waals surface area contributed by atoms with E-state index in [2.05, 4.69) is 15.3 Å². The molecule has 0 unspecified atom stereocenters. The minimum atomic E-state index is -0.456. The van der Waals surface area contributed by atoms with Crippen LogP contribution in [0.5, 0.6) is 0 Å². The first-order chi connectivity index (χ1) is 14.8. The molecule has 31 heavy (non-hydrogen) atoms. The smallest absolute Gasteiger partial charge is 0.332 e. The minimum absolute atomic E-state index is 0.235. The predicted octanol–water partition coefficient (Wildman–Crippen LogP) is 2.93. The molecule has 1 amide bonds. The summed E-state index contributed by atoms with van der Waals surface area (Å²) in [7, 11) is 2.97. The van der Waals surface area contributed by atoms with Crippen LogP contribution in [0.4, 0.5) is 5.69 Å². The van der Waals surface area contributed by atoms with Crippen molar-refractivity contribution in [1.82, 2.24) is 19.1 Å². The van der Waals surface area contributed by atoms with E-state index in [0.29, 0.717) is 22.1 Å². The lowest BCUT2D eigenvalue weighted by molar-refractivity contribution is -0.111. The van der Waals surface area contributed by atoms with Crippen LogP contribution in [0, 0.1) is 0 Å². The number of fused-ring (bicyclic) bond motifs is 1. The van der Waals surface area contributed by atoms with Gasteiger partial charge in [-0.2, -0.15) is 0 Å². The van der Waals surface area contributed by atoms with Gasteiger partial charge in [0.25, 0.3) is 5.56 Å². The van der Waals surface area contributed by atoms with E-state index < -0.39 is 11.2 Å². The molecule has 0 atom stereocenters. The largest absolute Gasteiger partial charge is 0.332 e. The average Bonchev–Trinajstić information content (AvgIpc) is 3.21. The number of amides is 1. The Balaban J connectivity index is 1.61. The van der Waals surface area contributed by atoms with E-state index in [1.54, 1.807) is 55.6 Å². The topological polar surface area (TPSA) is 102 Å². The highest BCUT2D eigenvalue weighted by Gasteiger charge is 2.14. The number of nitrogens with zero attached hydrogens (tertiary/aromatic N) is 3. The first kappa shape index (κ1) is 20.4. The van der Waals surface area contributed by atoms with Crippen LogP contribution >= 0.6 is 11.6 Å². The fraction of sp³-hybridized carbons (Fsp3) is 0.0909. The Morgan fingerprint density at radius 1 is 1.10 bits per heavy atom. The molecule has 0 saturated heterocycles. The minimum Gasteiger partial charge on any atom is -0.332 e. The Labute approximate surface area is 181 Å². The standard InChI is InChI=1S/C22H18ClN5O3/c1-27-20-18(21(30)28(2)22(27)31)25-19(26-20)14-6-4-8-16(12-14)24-17(29)10-9-13-5-3-7-15(23)11-13/h3-12H,1-2H3,(H,24,29)(H,25,26)/b10-9+. The SMILES string of the molecule is Cn1c(=O)c2[nH]c(-c3cccc(NC(=O)/C=C/c4cccc(Cl)c4)c3)nc2n(C)c1=O. The van der Waals surface area contributed by atoms with Gasteiger partial charge in [-0.25, -0.2) is 9.78 Å². The van der Waals surface area contributed by atoms with E-state index in [9.17, 15) is 14.4 Å². The molecule has 0 aliphatic carbocycles. The summed E-state index contributed by atoms with van der Waals surface area (Å²) < 4.78 is 2.33. The molecule has 0 aliphatic heterocycles. The van der Waals surface area contributed by atoms with Gasteiger partial charge in [0.15, 0.2) is 5.65 Å². The number of nitrogens with one attached hydrogen (secondary N) is 2. The quantitative estimate of drug-likeness (QED) is 0.481. The summed E-state index contributed by atoms with van der Waals surface area (Å²) >= 11 is 5.95. The van der Waals surface area contributed by atoms with Gasteiger partial charge in [-0.3, -0.25) is 18.7 Å². The number of halogens is 1. The van der Waals surface area contributed by atoms with Crippen molar-refractivity contribution in [3.63, 3.8) is 0 Å². The zero-order valence-corrected chi connectivity index (χ0v) is 17.5. The Hall–Kier alpha value is -3.91. The van der Waals surface area contributed by atoms with Crippen molar-refractivity contribution in [3.8, 4) is 11.4 Å². The maximum absolute atomic E-state index is 12.4. The molecule has 0 saturated carbocycles. The highest BCUT2D eigenvalue weighted by molar-refractivity contribution is 6.30. The van der Waals surface area contributed by atoms with E-state index in [4.69, 9.17) is 11.6 Å². The van der Waals surface area contributed by atoms with Gasteiger partial charge in [0, 0.05) is 36.4 Å². The van der Waals surface area contributed by atoms with Gasteiger partial charge in [0.2, 0.25) is 5.91 Å². The summed E-state index contributed by atoms with van der Waals surface area (Å²) in [6.07, 6.45) is 3.08. The Bertz CT molecular complexity index is 1460. The molecule has 0 aliphatic rings. The van der Waals surface area contributed by atoms with E-state index in [1.807, 2.05) is 6.07 Å². The zero-order chi connectivity index (χ0) is 22.1. The molecule has 4 rings (SSSR count). The summed E-state index contributed by atoms with van der Waals surface area (Å²) in [6.45, 7) is 0. The fourth-order valence-corrected chi connectivity index (χ4v) is 3.37. The molecular formula is C22H18ClN5O3. The number of carbonyl (C=O) groups is 1. The average molecular weight is 436 g/mol. The molecule has 4 aromatic rings. The van der Waals surface area contributed by atoms with Crippen molar-refractivity contribution in [1.29, 1.82) is 0 Å². The Morgan fingerprint density at radius 2 is 1.87 bits per heavy atom. The van der Waals surface area contributed by atoms with E-state index >= 15 is 0 Å². The van der Waals surface area contributed by atoms with Crippen molar-refractivity contribution in [2.75, 3.05) is 5.32 Å². The molecule has 2 aromatic heterocycles. The van der Waals surface area contributed by atoms with E-state index in [-0.39, 0.29) is 17.1 Å². The molecular weight excluding hydrogens is 418 g/mol. The van der Waals surface area contributed by atoms with Gasteiger partial charge >= 0.3 is 5.69 Å². The maximum Gasteiger partial charge on any atom is 0.332 e. The van der Waals surface area contributed by atoms with Gasteiger partial charge < -0.3 is 10.3 Å². The van der Waals surface area contributed by atoms with Gasteiger partial charge in [0.05, 0.1) is 0 Å². The molecule has 9 heteroatoms. The zero-order valence-electron chi connectivity index (χ0n) is 16.7. The number of anilines is 1. The normalized spacial score (nSPS) is 11.3. The van der Waals surface area contributed by atoms with Crippen LogP contribution in [-0.4, -0.2) is 25.0 Å². The van der Waals surface area contributed by atoms with Gasteiger partial charge in [-0.05, 0) is 35.9 Å². The third-order valence-electron chi connectivity index (χ3n) is 4.77. The number of benzene rings is 2. The number of imidazole rings is 1. The molecule has 0 fully saturated rings. The van der Waals surface area contributed by atoms with Crippen LogP contribution in [-0.2, 0) is 18.9 Å². The van der Waals surface area contributed by atoms with Crippen molar-refractivity contribution in [3.05, 3.63) is 86.0 Å². The lowest BCUT2D eigenvalue weighted by atomic mass is 10.2.